The van der Waals surface area contributed by atoms with Gasteiger partial charge in [-0.15, -0.1) is 0 Å². The van der Waals surface area contributed by atoms with Gasteiger partial charge in [0.15, 0.2) is 0 Å². The molecule has 3 amide bonds. The second kappa shape index (κ2) is 8.04. The normalized spacial score (nSPS) is 21.6. The van der Waals surface area contributed by atoms with Crippen LogP contribution >= 0.6 is 11.6 Å². The van der Waals surface area contributed by atoms with Gasteiger partial charge in [0.1, 0.15) is 6.04 Å². The van der Waals surface area contributed by atoms with Crippen LogP contribution in [0.5, 0.6) is 0 Å². The molecule has 3 aliphatic rings. The highest BCUT2D eigenvalue weighted by Gasteiger charge is 2.40. The number of nitrogens with zero attached hydrogens (tertiary/aromatic N) is 4. The zero-order chi connectivity index (χ0) is 21.5. The minimum atomic E-state index is -0.419. The number of likely N-dealkylation sites (tertiary alicyclic amines) is 2. The molecule has 2 fully saturated rings. The van der Waals surface area contributed by atoms with Crippen molar-refractivity contribution in [3.8, 4) is 0 Å². The predicted molar refractivity (Wildman–Crippen MR) is 116 cm³/mol. The third-order valence-electron chi connectivity index (χ3n) is 6.70. The molecule has 3 aliphatic heterocycles. The van der Waals surface area contributed by atoms with E-state index in [1.807, 2.05) is 28.1 Å². The van der Waals surface area contributed by atoms with Crippen molar-refractivity contribution in [1.82, 2.24) is 19.3 Å². The lowest BCUT2D eigenvalue weighted by molar-refractivity contribution is -0.136. The highest BCUT2D eigenvalue weighted by atomic mass is 35.5. The zero-order valence-electron chi connectivity index (χ0n) is 17.2. The maximum Gasteiger partial charge on any atom is 0.329 e. The van der Waals surface area contributed by atoms with Gasteiger partial charge in [-0.2, -0.15) is 0 Å². The largest absolute Gasteiger partial charge is 0.341 e. The molecule has 2 aromatic rings. The van der Waals surface area contributed by atoms with Gasteiger partial charge in [0.2, 0.25) is 5.91 Å². The van der Waals surface area contributed by atoms with Crippen LogP contribution in [0.4, 0.5) is 4.79 Å². The van der Waals surface area contributed by atoms with E-state index in [-0.39, 0.29) is 23.9 Å². The molecule has 0 bridgehead atoms. The smallest absolute Gasteiger partial charge is 0.329 e. The van der Waals surface area contributed by atoms with Crippen molar-refractivity contribution in [3.63, 3.8) is 0 Å². The lowest BCUT2D eigenvalue weighted by atomic mass is 10.0. The predicted octanol–water partition coefficient (Wildman–Crippen LogP) is 3.22. The molecule has 0 radical (unpaired) electrons. The molecule has 0 spiro atoms. The summed E-state index contributed by atoms with van der Waals surface area (Å²) < 4.78 is 1.70. The Morgan fingerprint density at radius 2 is 1.81 bits per heavy atom. The summed E-state index contributed by atoms with van der Waals surface area (Å²) in [5, 5.41) is 0.512. The van der Waals surface area contributed by atoms with E-state index in [0.29, 0.717) is 43.2 Å². The quantitative estimate of drug-likeness (QED) is 0.736. The Morgan fingerprint density at radius 3 is 2.55 bits per heavy atom. The second-order valence-electron chi connectivity index (χ2n) is 8.50. The zero-order valence-corrected chi connectivity index (χ0v) is 18.0. The highest BCUT2D eigenvalue weighted by molar-refractivity contribution is 6.31. The Hall–Kier alpha value is -2.80. The number of rotatable bonds is 3. The van der Waals surface area contributed by atoms with E-state index in [4.69, 9.17) is 11.6 Å². The number of amides is 3. The molecule has 7 nitrogen and oxygen atoms in total. The van der Waals surface area contributed by atoms with Gasteiger partial charge in [-0.1, -0.05) is 17.7 Å². The van der Waals surface area contributed by atoms with Gasteiger partial charge in [0.05, 0.1) is 6.54 Å². The summed E-state index contributed by atoms with van der Waals surface area (Å²) in [6, 6.07) is 10.5. The van der Waals surface area contributed by atoms with Crippen molar-refractivity contribution in [3.05, 3.63) is 58.9 Å². The highest BCUT2D eigenvalue weighted by Crippen LogP contribution is 2.28. The summed E-state index contributed by atoms with van der Waals surface area (Å²) in [5.74, 6) is -0.122. The molecule has 2 saturated heterocycles. The summed E-state index contributed by atoms with van der Waals surface area (Å²) in [7, 11) is 0. The van der Waals surface area contributed by atoms with E-state index in [9.17, 15) is 14.4 Å². The van der Waals surface area contributed by atoms with Gasteiger partial charge < -0.3 is 14.7 Å². The van der Waals surface area contributed by atoms with Crippen LogP contribution in [-0.2, 0) is 11.3 Å². The van der Waals surface area contributed by atoms with Gasteiger partial charge in [-0.3, -0.25) is 14.2 Å². The molecule has 1 aromatic carbocycles. The van der Waals surface area contributed by atoms with Crippen LogP contribution in [0.1, 0.15) is 41.7 Å². The number of hydrogen-bond donors (Lipinski definition) is 0. The number of carbonyl (C=O) groups excluding carboxylic acids is 3. The molecule has 4 heterocycles. The average molecular weight is 441 g/mol. The van der Waals surface area contributed by atoms with Crippen molar-refractivity contribution >= 4 is 29.4 Å². The lowest BCUT2D eigenvalue weighted by Gasteiger charge is -2.38. The Bertz CT molecular complexity index is 1030. The van der Waals surface area contributed by atoms with Crippen molar-refractivity contribution in [2.45, 2.75) is 44.3 Å². The first-order chi connectivity index (χ1) is 15.0. The van der Waals surface area contributed by atoms with Crippen LogP contribution in [0, 0.1) is 0 Å². The summed E-state index contributed by atoms with van der Waals surface area (Å²) in [5.41, 5.74) is 1.53. The fourth-order valence-corrected chi connectivity index (χ4v) is 5.25. The summed E-state index contributed by atoms with van der Waals surface area (Å²) in [6.45, 7) is 2.43. The number of aromatic nitrogens is 1. The Morgan fingerprint density at radius 1 is 1.00 bits per heavy atom. The average Bonchev–Trinajstić information content (AvgIpc) is 3.51. The standard InChI is InChI=1S/C23H25ClN4O3/c24-17-5-1-4-16(14-17)21(29)27-11-3-7-20(27)22(30)25-12-8-18(9-13-25)28-15-19-6-2-10-26(19)23(28)31/h1-2,4-6,10,14,18,20H,3,7-9,11-13,15H2. The number of fused-ring (bicyclic) bond motifs is 1. The molecule has 0 saturated carbocycles. The van der Waals surface area contributed by atoms with Crippen LogP contribution in [0.25, 0.3) is 0 Å². The molecule has 1 atom stereocenters. The van der Waals surface area contributed by atoms with Gasteiger partial charge in [-0.05, 0) is 56.0 Å². The molecule has 0 N–H and O–H groups in total. The first kappa shape index (κ1) is 20.1. The van der Waals surface area contributed by atoms with Gasteiger partial charge in [-0.25, -0.2) is 4.79 Å². The minimum Gasteiger partial charge on any atom is -0.341 e. The third kappa shape index (κ3) is 3.61. The van der Waals surface area contributed by atoms with Crippen molar-refractivity contribution in [2.24, 2.45) is 0 Å². The lowest BCUT2D eigenvalue weighted by Crippen LogP contribution is -2.52. The first-order valence-corrected chi connectivity index (χ1v) is 11.2. The van der Waals surface area contributed by atoms with E-state index in [2.05, 4.69) is 0 Å². The van der Waals surface area contributed by atoms with Crippen molar-refractivity contribution in [2.75, 3.05) is 19.6 Å². The molecule has 5 rings (SSSR count). The Labute approximate surface area is 186 Å². The fourth-order valence-electron chi connectivity index (χ4n) is 5.06. The minimum absolute atomic E-state index is 0.0188. The van der Waals surface area contributed by atoms with E-state index >= 15 is 0 Å². The summed E-state index contributed by atoms with van der Waals surface area (Å²) in [4.78, 5) is 44.3. The fraction of sp³-hybridized carbons (Fsp3) is 0.435. The van der Waals surface area contributed by atoms with Crippen LogP contribution in [-0.4, -0.2) is 68.8 Å². The maximum atomic E-state index is 13.3. The summed E-state index contributed by atoms with van der Waals surface area (Å²) >= 11 is 6.04. The van der Waals surface area contributed by atoms with Gasteiger partial charge >= 0.3 is 6.03 Å². The molecule has 0 aliphatic carbocycles. The molecule has 8 heteroatoms. The van der Waals surface area contributed by atoms with E-state index in [0.717, 1.165) is 25.0 Å². The van der Waals surface area contributed by atoms with Crippen LogP contribution in [0.2, 0.25) is 5.02 Å². The van der Waals surface area contributed by atoms with Crippen LogP contribution < -0.4 is 0 Å². The van der Waals surface area contributed by atoms with E-state index < -0.39 is 6.04 Å². The monoisotopic (exact) mass is 440 g/mol. The molecule has 1 unspecified atom stereocenters. The van der Waals surface area contributed by atoms with Crippen LogP contribution in [0.3, 0.4) is 0 Å². The first-order valence-electron chi connectivity index (χ1n) is 10.9. The molecular formula is C23H25ClN4O3. The third-order valence-corrected chi connectivity index (χ3v) is 6.94. The van der Waals surface area contributed by atoms with Gasteiger partial charge in [0, 0.05) is 48.2 Å². The van der Waals surface area contributed by atoms with Crippen molar-refractivity contribution in [1.29, 1.82) is 0 Å². The SMILES string of the molecule is O=C(C1CCCN1C(=O)c1cccc(Cl)c1)N1CCC(N2Cc3cccn3C2=O)CC1. The number of benzene rings is 1. The number of halogens is 1. The number of carbonyl (C=O) groups is 3. The Balaban J connectivity index is 1.21. The van der Waals surface area contributed by atoms with Gasteiger partial charge in [0.25, 0.3) is 5.91 Å². The van der Waals surface area contributed by atoms with E-state index in [1.54, 1.807) is 33.7 Å². The molecular weight excluding hydrogens is 416 g/mol. The molecule has 1 aromatic heterocycles. The molecule has 162 valence electrons. The Kier molecular flexibility index (Phi) is 5.22. The second-order valence-corrected chi connectivity index (χ2v) is 8.94. The van der Waals surface area contributed by atoms with E-state index in [1.165, 1.54) is 0 Å². The van der Waals surface area contributed by atoms with Crippen molar-refractivity contribution < 1.29 is 14.4 Å². The maximum absolute atomic E-state index is 13.3. The molecule has 31 heavy (non-hydrogen) atoms. The topological polar surface area (TPSA) is 65.9 Å². The number of piperidine rings is 1. The van der Waals surface area contributed by atoms with Crippen LogP contribution in [0.15, 0.2) is 42.6 Å². The number of hydrogen-bond acceptors (Lipinski definition) is 3. The summed E-state index contributed by atoms with van der Waals surface area (Å²) in [6.07, 6.45) is 4.83.